The number of hydrogen-bond donors (Lipinski definition) is 0. The minimum Gasteiger partial charge on any atom is -0.350 e. The Morgan fingerprint density at radius 3 is 2.42 bits per heavy atom. The average Bonchev–Trinajstić information content (AvgIpc) is 2.79. The molecule has 0 amide bonds. The van der Waals surface area contributed by atoms with Gasteiger partial charge in [-0.05, 0) is 19.4 Å². The van der Waals surface area contributed by atoms with E-state index >= 15 is 0 Å². The summed E-state index contributed by atoms with van der Waals surface area (Å²) in [6, 6.07) is 10.1. The summed E-state index contributed by atoms with van der Waals surface area (Å²) >= 11 is 0. The van der Waals surface area contributed by atoms with E-state index in [2.05, 4.69) is 17.0 Å². The predicted octanol–water partition coefficient (Wildman–Crippen LogP) is 1.62. The zero-order chi connectivity index (χ0) is 17.4. The van der Waals surface area contributed by atoms with Crippen LogP contribution >= 0.6 is 0 Å². The van der Waals surface area contributed by atoms with Gasteiger partial charge in [0.25, 0.3) is 10.1 Å². The largest absolute Gasteiger partial charge is 0.350 e. The van der Waals surface area contributed by atoms with Gasteiger partial charge in [-0.2, -0.15) is 8.42 Å². The van der Waals surface area contributed by atoms with Gasteiger partial charge in [-0.3, -0.25) is 9.08 Å². The first-order chi connectivity index (χ1) is 11.2. The van der Waals surface area contributed by atoms with Gasteiger partial charge in [0.1, 0.15) is 6.10 Å². The van der Waals surface area contributed by atoms with E-state index in [0.29, 0.717) is 26.3 Å². The molecule has 1 aromatic carbocycles. The molecule has 2 heterocycles. The summed E-state index contributed by atoms with van der Waals surface area (Å²) in [5, 5.41) is 0. The monoisotopic (exact) mass is 355 g/mol. The lowest BCUT2D eigenvalue weighted by Gasteiger charge is -2.43. The van der Waals surface area contributed by atoms with Crippen molar-refractivity contribution < 1.29 is 22.1 Å². The fourth-order valence-corrected chi connectivity index (χ4v) is 4.03. The van der Waals surface area contributed by atoms with Gasteiger partial charge in [-0.1, -0.05) is 30.3 Å². The Hall–Kier alpha value is -0.990. The van der Waals surface area contributed by atoms with Crippen LogP contribution in [0.15, 0.2) is 30.3 Å². The maximum absolute atomic E-state index is 11.7. The number of nitrogens with zero attached hydrogens (tertiary/aromatic N) is 1. The fourth-order valence-electron chi connectivity index (χ4n) is 3.34. The van der Waals surface area contributed by atoms with Crippen molar-refractivity contribution in [3.05, 3.63) is 35.9 Å². The first kappa shape index (κ1) is 17.8. The number of benzene rings is 1. The summed E-state index contributed by atoms with van der Waals surface area (Å²) in [4.78, 5) is 2.20. The van der Waals surface area contributed by atoms with E-state index in [4.69, 9.17) is 13.7 Å². The number of ether oxygens (including phenoxy) is 2. The Balaban J connectivity index is 1.77. The Bertz CT molecular complexity index is 663. The zero-order valence-electron chi connectivity index (χ0n) is 14.4. The highest BCUT2D eigenvalue weighted by molar-refractivity contribution is 7.86. The van der Waals surface area contributed by atoms with Crippen LogP contribution in [0.25, 0.3) is 0 Å². The molecule has 0 aliphatic carbocycles. The second kappa shape index (κ2) is 6.38. The third-order valence-electron chi connectivity index (χ3n) is 4.60. The molecule has 1 aromatic rings. The van der Waals surface area contributed by atoms with E-state index < -0.39 is 27.4 Å². The Morgan fingerprint density at radius 2 is 1.83 bits per heavy atom. The van der Waals surface area contributed by atoms with E-state index in [1.807, 2.05) is 32.0 Å². The number of hydrogen-bond acceptors (Lipinski definition) is 6. The highest BCUT2D eigenvalue weighted by Crippen LogP contribution is 2.40. The van der Waals surface area contributed by atoms with Crippen LogP contribution in [-0.4, -0.2) is 57.8 Å². The van der Waals surface area contributed by atoms with Crippen molar-refractivity contribution in [1.29, 1.82) is 0 Å². The highest BCUT2D eigenvalue weighted by atomic mass is 32.2. The molecule has 1 spiro atoms. The molecule has 1 unspecified atom stereocenters. The lowest BCUT2D eigenvalue weighted by Crippen LogP contribution is -2.53. The molecule has 1 atom stereocenters. The molecule has 24 heavy (non-hydrogen) atoms. The van der Waals surface area contributed by atoms with E-state index in [-0.39, 0.29) is 0 Å². The van der Waals surface area contributed by atoms with E-state index in [9.17, 15) is 8.42 Å². The zero-order valence-corrected chi connectivity index (χ0v) is 15.2. The van der Waals surface area contributed by atoms with E-state index in [1.54, 1.807) is 0 Å². The summed E-state index contributed by atoms with van der Waals surface area (Å²) in [6.07, 6.45) is 0.627. The average molecular weight is 355 g/mol. The molecular weight excluding hydrogens is 330 g/mol. The predicted molar refractivity (Wildman–Crippen MR) is 89.9 cm³/mol. The molecule has 0 bridgehead atoms. The lowest BCUT2D eigenvalue weighted by atomic mass is 9.85. The highest BCUT2D eigenvalue weighted by Gasteiger charge is 2.53. The van der Waals surface area contributed by atoms with Crippen molar-refractivity contribution in [2.45, 2.75) is 32.3 Å². The van der Waals surface area contributed by atoms with Gasteiger partial charge < -0.3 is 9.47 Å². The summed E-state index contributed by atoms with van der Waals surface area (Å²) in [7, 11) is -3.55. The van der Waals surface area contributed by atoms with Crippen LogP contribution in [-0.2, 0) is 30.3 Å². The Morgan fingerprint density at radius 1 is 1.21 bits per heavy atom. The fraction of sp³-hybridized carbons (Fsp3) is 0.647. The first-order valence-corrected chi connectivity index (χ1v) is 9.92. The molecule has 2 aliphatic heterocycles. The molecule has 134 valence electrons. The smallest absolute Gasteiger partial charge is 0.264 e. The van der Waals surface area contributed by atoms with E-state index in [1.165, 1.54) is 5.56 Å². The Labute approximate surface area is 143 Å². The normalized spacial score (nSPS) is 26.7. The van der Waals surface area contributed by atoms with Crippen LogP contribution in [0.5, 0.6) is 0 Å². The molecule has 2 aliphatic rings. The van der Waals surface area contributed by atoms with Crippen molar-refractivity contribution in [3.8, 4) is 0 Å². The van der Waals surface area contributed by atoms with Gasteiger partial charge in [0.2, 0.25) is 0 Å². The maximum atomic E-state index is 11.7. The third kappa shape index (κ3) is 4.15. The standard InChI is InChI=1S/C17H25NO5S/c1-16(2)21-12-17(13-22-16)11-18(9-14-7-5-4-6-8-14)10-15(17)23-24(3,19)20/h4-8,15H,9-13H2,1-3H3. The van der Waals surface area contributed by atoms with Gasteiger partial charge >= 0.3 is 0 Å². The van der Waals surface area contributed by atoms with Gasteiger partial charge in [-0.25, -0.2) is 0 Å². The number of likely N-dealkylation sites (tertiary alicyclic amines) is 1. The van der Waals surface area contributed by atoms with Crippen LogP contribution < -0.4 is 0 Å². The molecule has 2 fully saturated rings. The van der Waals surface area contributed by atoms with Crippen molar-refractivity contribution in [2.24, 2.45) is 5.41 Å². The summed E-state index contributed by atoms with van der Waals surface area (Å²) in [5.41, 5.74) is 0.721. The summed E-state index contributed by atoms with van der Waals surface area (Å²) < 4.78 is 40.4. The summed E-state index contributed by atoms with van der Waals surface area (Å²) in [5.74, 6) is -0.645. The van der Waals surface area contributed by atoms with Crippen LogP contribution in [0.4, 0.5) is 0 Å². The quantitative estimate of drug-likeness (QED) is 0.765. The van der Waals surface area contributed by atoms with Gasteiger partial charge in [0.15, 0.2) is 5.79 Å². The molecule has 7 heteroatoms. The number of rotatable bonds is 4. The van der Waals surface area contributed by atoms with Gasteiger partial charge in [-0.15, -0.1) is 0 Å². The second-order valence-electron chi connectivity index (χ2n) is 7.28. The van der Waals surface area contributed by atoms with Crippen molar-refractivity contribution in [3.63, 3.8) is 0 Å². The van der Waals surface area contributed by atoms with Crippen molar-refractivity contribution >= 4 is 10.1 Å². The maximum Gasteiger partial charge on any atom is 0.264 e. The van der Waals surface area contributed by atoms with Crippen LogP contribution in [0.2, 0.25) is 0 Å². The van der Waals surface area contributed by atoms with Crippen LogP contribution in [0.1, 0.15) is 19.4 Å². The van der Waals surface area contributed by atoms with Crippen LogP contribution in [0.3, 0.4) is 0 Å². The lowest BCUT2D eigenvalue weighted by molar-refractivity contribution is -0.291. The molecule has 0 aromatic heterocycles. The second-order valence-corrected chi connectivity index (χ2v) is 8.88. The molecule has 6 nitrogen and oxygen atoms in total. The molecule has 2 saturated heterocycles. The van der Waals surface area contributed by atoms with Crippen LogP contribution in [0, 0.1) is 5.41 Å². The SMILES string of the molecule is CC1(C)OCC2(CO1)CN(Cc1ccccc1)CC2OS(C)(=O)=O. The molecule has 3 rings (SSSR count). The van der Waals surface area contributed by atoms with Crippen molar-refractivity contribution in [2.75, 3.05) is 32.6 Å². The minimum absolute atomic E-state index is 0.422. The third-order valence-corrected chi connectivity index (χ3v) is 5.18. The molecule has 0 radical (unpaired) electrons. The van der Waals surface area contributed by atoms with Gasteiger partial charge in [0.05, 0.1) is 24.9 Å². The molecule has 0 saturated carbocycles. The molecule has 0 N–H and O–H groups in total. The minimum atomic E-state index is -3.55. The van der Waals surface area contributed by atoms with Gasteiger partial charge in [0, 0.05) is 19.6 Å². The summed E-state index contributed by atoms with van der Waals surface area (Å²) in [6.45, 7) is 6.53. The molecular formula is C17H25NO5S. The topological polar surface area (TPSA) is 65.1 Å². The first-order valence-electron chi connectivity index (χ1n) is 8.10. The Kier molecular flexibility index (Phi) is 4.74. The van der Waals surface area contributed by atoms with Crippen molar-refractivity contribution in [1.82, 2.24) is 4.90 Å². The van der Waals surface area contributed by atoms with E-state index in [0.717, 1.165) is 12.8 Å².